The standard InChI is InChI=1S/C23H28ClN3O4/c1-15(2)12-13-31-18-7-4-6-17(14-18)23(30)27-26-22(29)11-10-21(28)25-20-9-5-8-19(24)16(20)3/h4-9,14-15H,10-13H2,1-3H3,(H,25,28)(H,26,29)(H,27,30). The fourth-order valence-corrected chi connectivity index (χ4v) is 2.76. The van der Waals surface area contributed by atoms with Gasteiger partial charge in [-0.3, -0.25) is 25.2 Å². The molecule has 0 aliphatic rings. The fraction of sp³-hybridized carbons (Fsp3) is 0.348. The lowest BCUT2D eigenvalue weighted by Crippen LogP contribution is -2.41. The second kappa shape index (κ2) is 12.0. The number of benzene rings is 2. The van der Waals surface area contributed by atoms with Crippen molar-refractivity contribution in [2.45, 2.75) is 40.0 Å². The first-order valence-corrected chi connectivity index (χ1v) is 10.5. The largest absolute Gasteiger partial charge is 0.494 e. The number of hydrogen-bond donors (Lipinski definition) is 3. The number of anilines is 1. The molecule has 0 atom stereocenters. The molecule has 0 spiro atoms. The summed E-state index contributed by atoms with van der Waals surface area (Å²) in [5.74, 6) is -0.152. The summed E-state index contributed by atoms with van der Waals surface area (Å²) in [6.07, 6.45) is 0.799. The van der Waals surface area contributed by atoms with Gasteiger partial charge in [0.1, 0.15) is 5.75 Å². The van der Waals surface area contributed by atoms with E-state index < -0.39 is 11.8 Å². The van der Waals surface area contributed by atoms with E-state index in [4.69, 9.17) is 16.3 Å². The SMILES string of the molecule is Cc1c(Cl)cccc1NC(=O)CCC(=O)NNC(=O)c1cccc(OCCC(C)C)c1. The van der Waals surface area contributed by atoms with E-state index in [2.05, 4.69) is 30.0 Å². The monoisotopic (exact) mass is 445 g/mol. The molecule has 0 saturated heterocycles. The predicted molar refractivity (Wildman–Crippen MR) is 121 cm³/mol. The van der Waals surface area contributed by atoms with Crippen molar-refractivity contribution in [3.63, 3.8) is 0 Å². The molecular formula is C23H28ClN3O4. The van der Waals surface area contributed by atoms with E-state index in [9.17, 15) is 14.4 Å². The van der Waals surface area contributed by atoms with E-state index >= 15 is 0 Å². The van der Waals surface area contributed by atoms with Gasteiger partial charge >= 0.3 is 0 Å². The minimum atomic E-state index is -0.476. The third kappa shape index (κ3) is 8.30. The highest BCUT2D eigenvalue weighted by atomic mass is 35.5. The summed E-state index contributed by atoms with van der Waals surface area (Å²) in [4.78, 5) is 36.3. The normalized spacial score (nSPS) is 10.5. The molecule has 7 nitrogen and oxygen atoms in total. The smallest absolute Gasteiger partial charge is 0.269 e. The third-order valence-corrected chi connectivity index (χ3v) is 4.91. The van der Waals surface area contributed by atoms with Gasteiger partial charge in [0.2, 0.25) is 11.8 Å². The molecule has 8 heteroatoms. The molecule has 0 radical (unpaired) electrons. The molecule has 0 aliphatic heterocycles. The van der Waals surface area contributed by atoms with Gasteiger partial charge < -0.3 is 10.1 Å². The Morgan fingerprint density at radius 1 is 1.00 bits per heavy atom. The Hall–Kier alpha value is -3.06. The molecule has 0 aromatic heterocycles. The Kier molecular flexibility index (Phi) is 9.34. The van der Waals surface area contributed by atoms with E-state index in [1.165, 1.54) is 0 Å². The lowest BCUT2D eigenvalue weighted by atomic mass is 10.1. The number of carbonyl (C=O) groups excluding carboxylic acids is 3. The number of halogens is 1. The molecule has 166 valence electrons. The fourth-order valence-electron chi connectivity index (χ4n) is 2.58. The molecule has 0 bridgehead atoms. The van der Waals surface area contributed by atoms with Crippen LogP contribution < -0.4 is 20.9 Å². The van der Waals surface area contributed by atoms with Crippen LogP contribution in [-0.4, -0.2) is 24.3 Å². The quantitative estimate of drug-likeness (QED) is 0.502. The summed E-state index contributed by atoms with van der Waals surface area (Å²) < 4.78 is 5.64. The minimum absolute atomic E-state index is 0.0349. The average molecular weight is 446 g/mol. The van der Waals surface area contributed by atoms with Crippen LogP contribution in [-0.2, 0) is 9.59 Å². The maximum absolute atomic E-state index is 12.3. The van der Waals surface area contributed by atoms with E-state index in [1.807, 2.05) is 0 Å². The summed E-state index contributed by atoms with van der Waals surface area (Å²) in [5.41, 5.74) is 6.38. The summed E-state index contributed by atoms with van der Waals surface area (Å²) in [5, 5.41) is 3.27. The Morgan fingerprint density at radius 3 is 2.45 bits per heavy atom. The van der Waals surface area contributed by atoms with Gasteiger partial charge in [0.05, 0.1) is 6.61 Å². The van der Waals surface area contributed by atoms with E-state index in [0.29, 0.717) is 34.5 Å². The van der Waals surface area contributed by atoms with Crippen LogP contribution in [0.1, 0.15) is 49.0 Å². The molecule has 3 N–H and O–H groups in total. The van der Waals surface area contributed by atoms with Crippen molar-refractivity contribution in [3.8, 4) is 5.75 Å². The van der Waals surface area contributed by atoms with Gasteiger partial charge in [0.15, 0.2) is 0 Å². The van der Waals surface area contributed by atoms with E-state index in [1.54, 1.807) is 49.4 Å². The van der Waals surface area contributed by atoms with Crippen LogP contribution in [0.4, 0.5) is 5.69 Å². The first-order valence-electron chi connectivity index (χ1n) is 10.1. The summed E-state index contributed by atoms with van der Waals surface area (Å²) >= 11 is 6.03. The first kappa shape index (κ1) is 24.2. The van der Waals surface area contributed by atoms with Crippen molar-refractivity contribution in [2.75, 3.05) is 11.9 Å². The van der Waals surface area contributed by atoms with Crippen LogP contribution >= 0.6 is 11.6 Å². The number of hydrogen-bond acceptors (Lipinski definition) is 4. The average Bonchev–Trinajstić information content (AvgIpc) is 2.73. The van der Waals surface area contributed by atoms with Crippen LogP contribution in [0.15, 0.2) is 42.5 Å². The highest BCUT2D eigenvalue weighted by Gasteiger charge is 2.12. The zero-order valence-electron chi connectivity index (χ0n) is 18.0. The molecular weight excluding hydrogens is 418 g/mol. The number of amides is 3. The van der Waals surface area contributed by atoms with Crippen LogP contribution in [0.25, 0.3) is 0 Å². The van der Waals surface area contributed by atoms with Crippen molar-refractivity contribution in [1.29, 1.82) is 0 Å². The number of ether oxygens (including phenoxy) is 1. The van der Waals surface area contributed by atoms with Crippen molar-refractivity contribution in [1.82, 2.24) is 10.9 Å². The maximum Gasteiger partial charge on any atom is 0.269 e. The van der Waals surface area contributed by atoms with Crippen LogP contribution in [0.3, 0.4) is 0 Å². The van der Waals surface area contributed by atoms with Gasteiger partial charge in [0.25, 0.3) is 5.91 Å². The molecule has 0 heterocycles. The topological polar surface area (TPSA) is 96.5 Å². The Morgan fingerprint density at radius 2 is 1.71 bits per heavy atom. The minimum Gasteiger partial charge on any atom is -0.494 e. The molecule has 3 amide bonds. The van der Waals surface area contributed by atoms with E-state index in [-0.39, 0.29) is 18.7 Å². The molecule has 0 unspecified atom stereocenters. The number of hydrazine groups is 1. The lowest BCUT2D eigenvalue weighted by molar-refractivity contribution is -0.124. The Balaban J connectivity index is 1.76. The van der Waals surface area contributed by atoms with Gasteiger partial charge in [-0.15, -0.1) is 0 Å². The Bertz CT molecular complexity index is 931. The van der Waals surface area contributed by atoms with Gasteiger partial charge in [-0.25, -0.2) is 0 Å². The highest BCUT2D eigenvalue weighted by Crippen LogP contribution is 2.23. The summed E-state index contributed by atoms with van der Waals surface area (Å²) in [6, 6.07) is 11.9. The molecule has 2 aromatic rings. The first-order chi connectivity index (χ1) is 14.8. The van der Waals surface area contributed by atoms with Crippen molar-refractivity contribution in [3.05, 3.63) is 58.6 Å². The van der Waals surface area contributed by atoms with E-state index in [0.717, 1.165) is 12.0 Å². The molecule has 0 fully saturated rings. The summed E-state index contributed by atoms with van der Waals surface area (Å²) in [7, 11) is 0. The molecule has 0 aliphatic carbocycles. The second-order valence-corrected chi connectivity index (χ2v) is 7.93. The van der Waals surface area contributed by atoms with Crippen LogP contribution in [0.2, 0.25) is 5.02 Å². The number of carbonyl (C=O) groups is 3. The number of nitrogens with one attached hydrogen (secondary N) is 3. The van der Waals surface area contributed by atoms with Crippen molar-refractivity contribution < 1.29 is 19.1 Å². The van der Waals surface area contributed by atoms with Crippen LogP contribution in [0, 0.1) is 12.8 Å². The zero-order chi connectivity index (χ0) is 22.8. The Labute approximate surface area is 187 Å². The molecule has 2 rings (SSSR count). The summed E-state index contributed by atoms with van der Waals surface area (Å²) in [6.45, 7) is 6.58. The molecule has 2 aromatic carbocycles. The second-order valence-electron chi connectivity index (χ2n) is 7.52. The lowest BCUT2D eigenvalue weighted by Gasteiger charge is -2.11. The van der Waals surface area contributed by atoms with Gasteiger partial charge in [0, 0.05) is 29.1 Å². The molecule has 0 saturated carbocycles. The van der Waals surface area contributed by atoms with Gasteiger partial charge in [-0.1, -0.05) is 37.6 Å². The molecule has 31 heavy (non-hydrogen) atoms. The zero-order valence-corrected chi connectivity index (χ0v) is 18.7. The highest BCUT2D eigenvalue weighted by molar-refractivity contribution is 6.31. The maximum atomic E-state index is 12.3. The van der Waals surface area contributed by atoms with Crippen LogP contribution in [0.5, 0.6) is 5.75 Å². The van der Waals surface area contributed by atoms with Crippen molar-refractivity contribution in [2.24, 2.45) is 5.92 Å². The number of rotatable bonds is 9. The van der Waals surface area contributed by atoms with Gasteiger partial charge in [-0.05, 0) is 55.2 Å². The van der Waals surface area contributed by atoms with Crippen molar-refractivity contribution >= 4 is 35.0 Å². The predicted octanol–water partition coefficient (Wildman–Crippen LogP) is 4.25. The third-order valence-electron chi connectivity index (χ3n) is 4.50. The van der Waals surface area contributed by atoms with Gasteiger partial charge in [-0.2, -0.15) is 0 Å².